The number of imidazole rings is 1. The molecular formula is C35H35FN4O3. The molecule has 1 heterocycles. The molecule has 1 aromatic heterocycles. The van der Waals surface area contributed by atoms with Crippen LogP contribution in [0.25, 0.3) is 11.0 Å². The van der Waals surface area contributed by atoms with Crippen LogP contribution in [0.2, 0.25) is 0 Å². The van der Waals surface area contributed by atoms with E-state index in [4.69, 9.17) is 19.2 Å². The van der Waals surface area contributed by atoms with Gasteiger partial charge in [0.05, 0.1) is 48.5 Å². The van der Waals surface area contributed by atoms with Gasteiger partial charge in [0.2, 0.25) is 5.95 Å². The number of rotatable bonds is 12. The van der Waals surface area contributed by atoms with Crippen LogP contribution in [0.4, 0.5) is 16.0 Å². The third-order valence-electron chi connectivity index (χ3n) is 6.93. The Labute approximate surface area is 251 Å². The van der Waals surface area contributed by atoms with Gasteiger partial charge >= 0.3 is 0 Å². The van der Waals surface area contributed by atoms with Crippen LogP contribution in [-0.2, 0) is 24.6 Å². The summed E-state index contributed by atoms with van der Waals surface area (Å²) in [6.45, 7) is 8.80. The highest BCUT2D eigenvalue weighted by Gasteiger charge is 2.24. The molecule has 8 heteroatoms. The van der Waals surface area contributed by atoms with Gasteiger partial charge in [-0.1, -0.05) is 42.5 Å². The Morgan fingerprint density at radius 3 is 2.47 bits per heavy atom. The van der Waals surface area contributed by atoms with Crippen LogP contribution in [-0.4, -0.2) is 22.3 Å². The van der Waals surface area contributed by atoms with Gasteiger partial charge in [-0.05, 0) is 75.2 Å². The lowest BCUT2D eigenvalue weighted by atomic mass is 10.1. The summed E-state index contributed by atoms with van der Waals surface area (Å²) in [4.78, 5) is 7.00. The summed E-state index contributed by atoms with van der Waals surface area (Å²) >= 11 is 0. The van der Waals surface area contributed by atoms with Crippen molar-refractivity contribution in [2.75, 3.05) is 11.5 Å². The fourth-order valence-corrected chi connectivity index (χ4v) is 4.93. The number of aromatic nitrogens is 2. The quantitative estimate of drug-likeness (QED) is 0.149. The minimum absolute atomic E-state index is 0.119. The molecule has 4 aromatic carbocycles. The molecule has 5 aromatic rings. The van der Waals surface area contributed by atoms with Crippen molar-refractivity contribution in [1.82, 2.24) is 9.55 Å². The van der Waals surface area contributed by atoms with Crippen molar-refractivity contribution in [1.29, 1.82) is 5.26 Å². The summed E-state index contributed by atoms with van der Waals surface area (Å²) in [6.07, 6.45) is -0.220. The molecule has 0 aliphatic carbocycles. The average molecular weight is 579 g/mol. The van der Waals surface area contributed by atoms with Crippen molar-refractivity contribution in [3.8, 4) is 17.6 Å². The molecule has 0 unspecified atom stereocenters. The van der Waals surface area contributed by atoms with Gasteiger partial charge in [-0.2, -0.15) is 5.26 Å². The fourth-order valence-electron chi connectivity index (χ4n) is 4.93. The number of anilines is 2. The molecule has 0 aliphatic rings. The number of nitrogens with zero attached hydrogens (tertiary/aromatic N) is 4. The highest BCUT2D eigenvalue weighted by Crippen LogP contribution is 2.35. The number of nitriles is 1. The first-order chi connectivity index (χ1) is 20.9. The number of ether oxygens (including phenoxy) is 3. The summed E-state index contributed by atoms with van der Waals surface area (Å²) in [7, 11) is 0. The number of fused-ring (bicyclic) bond motifs is 1. The number of hydrogen-bond acceptors (Lipinski definition) is 6. The fraction of sp³-hybridized carbons (Fsp3) is 0.257. The third kappa shape index (κ3) is 6.79. The Balaban J connectivity index is 1.63. The second-order valence-electron chi connectivity index (χ2n) is 10.5. The maximum atomic E-state index is 16.0. The molecule has 0 radical (unpaired) electrons. The van der Waals surface area contributed by atoms with Crippen LogP contribution < -0.4 is 14.4 Å². The molecule has 0 N–H and O–H groups in total. The van der Waals surface area contributed by atoms with Crippen LogP contribution in [0.15, 0.2) is 84.9 Å². The minimum atomic E-state index is -0.463. The van der Waals surface area contributed by atoms with E-state index in [2.05, 4.69) is 6.07 Å². The van der Waals surface area contributed by atoms with Crippen LogP contribution in [0.3, 0.4) is 0 Å². The van der Waals surface area contributed by atoms with E-state index >= 15 is 4.39 Å². The third-order valence-corrected chi connectivity index (χ3v) is 6.93. The number of aryl methyl sites for hydroxylation is 1. The molecular weight excluding hydrogens is 543 g/mol. The summed E-state index contributed by atoms with van der Waals surface area (Å²) in [5, 5.41) is 9.43. The lowest BCUT2D eigenvalue weighted by molar-refractivity contribution is 0.0673. The van der Waals surface area contributed by atoms with Crippen molar-refractivity contribution >= 4 is 22.7 Å². The van der Waals surface area contributed by atoms with Crippen LogP contribution in [0.5, 0.6) is 11.5 Å². The van der Waals surface area contributed by atoms with E-state index in [1.165, 1.54) is 0 Å². The van der Waals surface area contributed by atoms with E-state index < -0.39 is 5.82 Å². The van der Waals surface area contributed by atoms with Crippen LogP contribution in [0, 0.1) is 24.1 Å². The maximum absolute atomic E-state index is 16.0. The Hall–Kier alpha value is -4.87. The molecule has 0 atom stereocenters. The van der Waals surface area contributed by atoms with Gasteiger partial charge in [0.25, 0.3) is 0 Å². The van der Waals surface area contributed by atoms with E-state index in [9.17, 15) is 5.26 Å². The average Bonchev–Trinajstić information content (AvgIpc) is 3.38. The lowest BCUT2D eigenvalue weighted by Gasteiger charge is -2.26. The van der Waals surface area contributed by atoms with Gasteiger partial charge in [0, 0.05) is 17.3 Å². The lowest BCUT2D eigenvalue weighted by Crippen LogP contribution is -2.22. The topological polar surface area (TPSA) is 72.5 Å². The van der Waals surface area contributed by atoms with Crippen molar-refractivity contribution in [2.45, 2.75) is 53.7 Å². The first-order valence-corrected chi connectivity index (χ1v) is 14.3. The molecule has 0 amide bonds. The molecule has 0 aliphatic heterocycles. The zero-order chi connectivity index (χ0) is 30.3. The smallest absolute Gasteiger partial charge is 0.213 e. The predicted octanol–water partition coefficient (Wildman–Crippen LogP) is 8.05. The second-order valence-corrected chi connectivity index (χ2v) is 10.5. The first kappa shape index (κ1) is 29.6. The molecule has 0 bridgehead atoms. The van der Waals surface area contributed by atoms with Crippen molar-refractivity contribution in [2.24, 2.45) is 0 Å². The molecule has 7 nitrogen and oxygen atoms in total. The van der Waals surface area contributed by atoms with Crippen molar-refractivity contribution in [3.05, 3.63) is 113 Å². The SMILES string of the molecule is CCOc1cc(CN(c2ccc(C#N)cc2)c2nc3c(C)cccc3n2COCc2ccccc2)c(F)c(OC(C)C)c1. The van der Waals surface area contributed by atoms with Crippen LogP contribution in [0.1, 0.15) is 43.0 Å². The normalized spacial score (nSPS) is 11.1. The molecule has 0 saturated carbocycles. The summed E-state index contributed by atoms with van der Waals surface area (Å²) in [5.74, 6) is 0.765. The Kier molecular flexibility index (Phi) is 9.23. The molecule has 0 fully saturated rings. The van der Waals surface area contributed by atoms with Gasteiger partial charge in [0.15, 0.2) is 11.6 Å². The Morgan fingerprint density at radius 2 is 1.77 bits per heavy atom. The largest absolute Gasteiger partial charge is 0.494 e. The summed E-state index contributed by atoms with van der Waals surface area (Å²) in [6, 6.07) is 28.6. The molecule has 0 saturated heterocycles. The van der Waals surface area contributed by atoms with Gasteiger partial charge < -0.3 is 19.1 Å². The maximum Gasteiger partial charge on any atom is 0.213 e. The molecule has 220 valence electrons. The number of hydrogen-bond donors (Lipinski definition) is 0. The molecule has 43 heavy (non-hydrogen) atoms. The number of para-hydroxylation sites is 1. The van der Waals surface area contributed by atoms with Gasteiger partial charge in [-0.3, -0.25) is 4.57 Å². The van der Waals surface area contributed by atoms with Gasteiger partial charge in [-0.25, -0.2) is 9.37 Å². The minimum Gasteiger partial charge on any atom is -0.494 e. The second kappa shape index (κ2) is 13.4. The zero-order valence-electron chi connectivity index (χ0n) is 24.9. The van der Waals surface area contributed by atoms with E-state index in [-0.39, 0.29) is 25.1 Å². The van der Waals surface area contributed by atoms with E-state index in [0.29, 0.717) is 36.0 Å². The van der Waals surface area contributed by atoms with E-state index in [0.717, 1.165) is 27.8 Å². The highest BCUT2D eigenvalue weighted by molar-refractivity contribution is 5.83. The van der Waals surface area contributed by atoms with E-state index in [1.54, 1.807) is 24.3 Å². The first-order valence-electron chi connectivity index (χ1n) is 14.3. The van der Waals surface area contributed by atoms with Crippen LogP contribution >= 0.6 is 0 Å². The summed E-state index contributed by atoms with van der Waals surface area (Å²) < 4.78 is 35.8. The molecule has 0 spiro atoms. The van der Waals surface area contributed by atoms with Gasteiger partial charge in [-0.15, -0.1) is 0 Å². The molecule has 5 rings (SSSR count). The standard InChI is InChI=1S/C35H35FN4O3/c1-5-42-30-18-28(33(36)32(19-30)43-24(2)3)21-39(29-16-14-26(20-37)15-17-29)35-38-34-25(4)10-9-13-31(34)40(35)23-41-22-27-11-7-6-8-12-27/h6-19,24H,5,21-23H2,1-4H3. The number of halogens is 1. The highest BCUT2D eigenvalue weighted by atomic mass is 19.1. The zero-order valence-corrected chi connectivity index (χ0v) is 24.9. The van der Waals surface area contributed by atoms with E-state index in [1.807, 2.05) is 97.8 Å². The Morgan fingerprint density at radius 1 is 1.00 bits per heavy atom. The number of benzene rings is 4. The summed E-state index contributed by atoms with van der Waals surface area (Å²) in [5.41, 5.74) is 5.44. The predicted molar refractivity (Wildman–Crippen MR) is 166 cm³/mol. The van der Waals surface area contributed by atoms with Gasteiger partial charge in [0.1, 0.15) is 12.5 Å². The van der Waals surface area contributed by atoms with Crippen molar-refractivity contribution in [3.63, 3.8) is 0 Å². The van der Waals surface area contributed by atoms with Crippen molar-refractivity contribution < 1.29 is 18.6 Å². The monoisotopic (exact) mass is 578 g/mol. The Bertz CT molecular complexity index is 1730.